The number of hydrogen-bond acceptors (Lipinski definition) is 4. The number of rotatable bonds is 7. The van der Waals surface area contributed by atoms with Crippen molar-refractivity contribution in [2.24, 2.45) is 5.92 Å². The number of aromatic nitrogens is 2. The van der Waals surface area contributed by atoms with Gasteiger partial charge in [-0.3, -0.25) is 9.48 Å². The van der Waals surface area contributed by atoms with E-state index in [0.29, 0.717) is 17.7 Å². The van der Waals surface area contributed by atoms with Gasteiger partial charge in [-0.15, -0.1) is 0 Å². The van der Waals surface area contributed by atoms with Gasteiger partial charge in [0, 0.05) is 62.1 Å². The van der Waals surface area contributed by atoms with Crippen LogP contribution < -0.4 is 5.32 Å². The number of fused-ring (bicyclic) bond motifs is 1. The van der Waals surface area contributed by atoms with Crippen LogP contribution in [0, 0.1) is 5.92 Å². The molecule has 2 aliphatic heterocycles. The lowest BCUT2D eigenvalue weighted by Crippen LogP contribution is -2.47. The summed E-state index contributed by atoms with van der Waals surface area (Å²) in [7, 11) is 0. The minimum absolute atomic E-state index is 0.121. The molecule has 0 radical (unpaired) electrons. The molecule has 6 nitrogen and oxygen atoms in total. The van der Waals surface area contributed by atoms with Gasteiger partial charge < -0.3 is 15.0 Å². The summed E-state index contributed by atoms with van der Waals surface area (Å²) < 4.78 is 7.87. The second kappa shape index (κ2) is 10.2. The van der Waals surface area contributed by atoms with Gasteiger partial charge in [0.1, 0.15) is 0 Å². The van der Waals surface area contributed by atoms with Gasteiger partial charge in [0.05, 0.1) is 0 Å². The SMILES string of the molecule is CC(C)Cn1nc(C(=O)N2CCCC2)c2c1CC[C@H](NCC1(c3ccccc3)CCOCC1)C2. The van der Waals surface area contributed by atoms with E-state index in [4.69, 9.17) is 9.84 Å². The summed E-state index contributed by atoms with van der Waals surface area (Å²) in [6, 6.07) is 11.3. The van der Waals surface area contributed by atoms with Crippen molar-refractivity contribution in [3.63, 3.8) is 0 Å². The first-order valence-electron chi connectivity index (χ1n) is 13.3. The molecule has 1 atom stereocenters. The third kappa shape index (κ3) is 4.80. The number of amides is 1. The number of nitrogens with zero attached hydrogens (tertiary/aromatic N) is 3. The molecule has 34 heavy (non-hydrogen) atoms. The van der Waals surface area contributed by atoms with Gasteiger partial charge in [0.15, 0.2) is 5.69 Å². The number of benzene rings is 1. The molecule has 1 N–H and O–H groups in total. The first kappa shape index (κ1) is 23.6. The molecule has 0 spiro atoms. The van der Waals surface area contributed by atoms with E-state index in [-0.39, 0.29) is 11.3 Å². The molecule has 0 saturated carbocycles. The Kier molecular flexibility index (Phi) is 7.07. The summed E-state index contributed by atoms with van der Waals surface area (Å²) >= 11 is 0. The Bertz CT molecular complexity index is 972. The second-order valence-corrected chi connectivity index (χ2v) is 10.9. The highest BCUT2D eigenvalue weighted by molar-refractivity contribution is 5.94. The van der Waals surface area contributed by atoms with Crippen LogP contribution in [-0.4, -0.2) is 59.5 Å². The second-order valence-electron chi connectivity index (χ2n) is 10.9. The first-order chi connectivity index (χ1) is 16.6. The van der Waals surface area contributed by atoms with Gasteiger partial charge in [-0.1, -0.05) is 44.2 Å². The molecule has 0 bridgehead atoms. The lowest BCUT2D eigenvalue weighted by molar-refractivity contribution is 0.0486. The molecule has 1 aromatic heterocycles. The van der Waals surface area contributed by atoms with E-state index in [1.807, 2.05) is 4.90 Å². The summed E-state index contributed by atoms with van der Waals surface area (Å²) in [5.74, 6) is 0.649. The van der Waals surface area contributed by atoms with Crippen LogP contribution in [0.15, 0.2) is 30.3 Å². The number of carbonyl (C=O) groups excluding carboxylic acids is 1. The monoisotopic (exact) mass is 464 g/mol. The van der Waals surface area contributed by atoms with Crippen LogP contribution in [0.3, 0.4) is 0 Å². The molecule has 6 heteroatoms. The van der Waals surface area contributed by atoms with Crippen LogP contribution in [0.1, 0.15) is 73.3 Å². The highest BCUT2D eigenvalue weighted by Gasteiger charge is 2.36. The zero-order chi connectivity index (χ0) is 23.5. The number of hydrogen-bond donors (Lipinski definition) is 1. The fourth-order valence-corrected chi connectivity index (χ4v) is 6.06. The quantitative estimate of drug-likeness (QED) is 0.674. The Hall–Kier alpha value is -2.18. The van der Waals surface area contributed by atoms with E-state index < -0.39 is 0 Å². The molecule has 2 saturated heterocycles. The largest absolute Gasteiger partial charge is 0.381 e. The zero-order valence-electron chi connectivity index (χ0n) is 20.9. The normalized spacial score (nSPS) is 22.2. The summed E-state index contributed by atoms with van der Waals surface area (Å²) in [5.41, 5.74) is 4.74. The Morgan fingerprint density at radius 3 is 2.62 bits per heavy atom. The van der Waals surface area contributed by atoms with Crippen LogP contribution in [0.5, 0.6) is 0 Å². The van der Waals surface area contributed by atoms with E-state index in [9.17, 15) is 4.79 Å². The molecule has 1 amide bonds. The van der Waals surface area contributed by atoms with Crippen molar-refractivity contribution < 1.29 is 9.53 Å². The van der Waals surface area contributed by atoms with Crippen LogP contribution in [-0.2, 0) is 29.5 Å². The maximum absolute atomic E-state index is 13.4. The summed E-state index contributed by atoms with van der Waals surface area (Å²) in [6.45, 7) is 9.66. The summed E-state index contributed by atoms with van der Waals surface area (Å²) in [5, 5.41) is 8.84. The Labute approximate surface area is 204 Å². The maximum Gasteiger partial charge on any atom is 0.274 e. The minimum atomic E-state index is 0.121. The predicted molar refractivity (Wildman–Crippen MR) is 134 cm³/mol. The Morgan fingerprint density at radius 1 is 1.18 bits per heavy atom. The smallest absolute Gasteiger partial charge is 0.274 e. The molecule has 3 aliphatic rings. The molecule has 1 aromatic carbocycles. The van der Waals surface area contributed by atoms with Crippen LogP contribution in [0.2, 0.25) is 0 Å². The summed E-state index contributed by atoms with van der Waals surface area (Å²) in [6.07, 6.45) is 7.28. The molecular formula is C28H40N4O2. The first-order valence-corrected chi connectivity index (χ1v) is 13.3. The Morgan fingerprint density at radius 2 is 1.91 bits per heavy atom. The molecular weight excluding hydrogens is 424 g/mol. The highest BCUT2D eigenvalue weighted by atomic mass is 16.5. The minimum Gasteiger partial charge on any atom is -0.381 e. The van der Waals surface area contributed by atoms with Crippen molar-refractivity contribution in [1.29, 1.82) is 0 Å². The topological polar surface area (TPSA) is 59.4 Å². The molecule has 2 fully saturated rings. The van der Waals surface area contributed by atoms with Gasteiger partial charge >= 0.3 is 0 Å². The van der Waals surface area contributed by atoms with E-state index in [1.165, 1.54) is 16.8 Å². The zero-order valence-corrected chi connectivity index (χ0v) is 20.9. The van der Waals surface area contributed by atoms with Gasteiger partial charge in [0.2, 0.25) is 0 Å². The van der Waals surface area contributed by atoms with Crippen molar-refractivity contribution in [3.8, 4) is 0 Å². The van der Waals surface area contributed by atoms with Gasteiger partial charge in [0.25, 0.3) is 5.91 Å². The van der Waals surface area contributed by atoms with Gasteiger partial charge in [-0.2, -0.15) is 5.10 Å². The molecule has 2 aromatic rings. The molecule has 0 unspecified atom stereocenters. The molecule has 184 valence electrons. The van der Waals surface area contributed by atoms with Crippen LogP contribution in [0.4, 0.5) is 0 Å². The highest BCUT2D eigenvalue weighted by Crippen LogP contribution is 2.35. The van der Waals surface area contributed by atoms with Crippen LogP contribution >= 0.6 is 0 Å². The average Bonchev–Trinajstić information content (AvgIpc) is 3.52. The van der Waals surface area contributed by atoms with Crippen molar-refractivity contribution >= 4 is 5.91 Å². The van der Waals surface area contributed by atoms with Crippen molar-refractivity contribution in [1.82, 2.24) is 20.0 Å². The van der Waals surface area contributed by atoms with E-state index in [1.54, 1.807) is 0 Å². The maximum atomic E-state index is 13.4. The average molecular weight is 465 g/mol. The standard InChI is InChI=1S/C28H40N4O2/c1-21(2)19-32-25-11-10-23(18-24(25)26(30-32)27(33)31-14-6-7-15-31)29-20-28(12-16-34-17-13-28)22-8-4-3-5-9-22/h3-5,8-9,21,23,29H,6-7,10-20H2,1-2H3/t23-/m0/s1. The summed E-state index contributed by atoms with van der Waals surface area (Å²) in [4.78, 5) is 15.4. The number of carbonyl (C=O) groups is 1. The number of likely N-dealkylation sites (tertiary alicyclic amines) is 1. The van der Waals surface area contributed by atoms with E-state index in [2.05, 4.69) is 54.2 Å². The van der Waals surface area contributed by atoms with E-state index >= 15 is 0 Å². The van der Waals surface area contributed by atoms with Crippen molar-refractivity contribution in [2.75, 3.05) is 32.8 Å². The fraction of sp³-hybridized carbons (Fsp3) is 0.643. The third-order valence-corrected chi connectivity index (χ3v) is 8.05. The van der Waals surface area contributed by atoms with Gasteiger partial charge in [-0.05, 0) is 56.4 Å². The Balaban J connectivity index is 1.35. The van der Waals surface area contributed by atoms with E-state index in [0.717, 1.165) is 84.3 Å². The van der Waals surface area contributed by atoms with Gasteiger partial charge in [-0.25, -0.2) is 0 Å². The van der Waals surface area contributed by atoms with Crippen LogP contribution in [0.25, 0.3) is 0 Å². The molecule has 1 aliphatic carbocycles. The fourth-order valence-electron chi connectivity index (χ4n) is 6.06. The van der Waals surface area contributed by atoms with Crippen molar-refractivity contribution in [2.45, 2.75) is 76.8 Å². The number of nitrogens with one attached hydrogen (secondary N) is 1. The lowest BCUT2D eigenvalue weighted by atomic mass is 9.73. The molecule has 3 heterocycles. The van der Waals surface area contributed by atoms with Crippen molar-refractivity contribution in [3.05, 3.63) is 52.8 Å². The lowest BCUT2D eigenvalue weighted by Gasteiger charge is -2.39. The number of ether oxygens (including phenoxy) is 1. The molecule has 5 rings (SSSR count). The third-order valence-electron chi connectivity index (χ3n) is 8.05. The predicted octanol–water partition coefficient (Wildman–Crippen LogP) is 3.97.